The van der Waals surface area contributed by atoms with Gasteiger partial charge in [-0.25, -0.2) is 9.67 Å². The van der Waals surface area contributed by atoms with Crippen LogP contribution in [0.3, 0.4) is 0 Å². The summed E-state index contributed by atoms with van der Waals surface area (Å²) >= 11 is 0. The summed E-state index contributed by atoms with van der Waals surface area (Å²) in [7, 11) is 0. The van der Waals surface area contributed by atoms with Gasteiger partial charge in [0.1, 0.15) is 11.8 Å². The SMILES string of the molecule is CC(C)n1nnnc1-c1ccccc1NC(=O)c1ccc(C#N)cn1. The molecule has 2 heterocycles. The molecule has 0 radical (unpaired) electrons. The molecule has 0 bridgehead atoms. The van der Waals surface area contributed by atoms with E-state index >= 15 is 0 Å². The Hall–Kier alpha value is -3.60. The third kappa shape index (κ3) is 3.35. The lowest BCUT2D eigenvalue weighted by Crippen LogP contribution is -2.15. The summed E-state index contributed by atoms with van der Waals surface area (Å²) < 4.78 is 1.69. The zero-order valence-electron chi connectivity index (χ0n) is 13.7. The molecule has 1 N–H and O–H groups in total. The monoisotopic (exact) mass is 333 g/mol. The van der Waals surface area contributed by atoms with E-state index in [1.807, 2.05) is 38.1 Å². The van der Waals surface area contributed by atoms with E-state index in [9.17, 15) is 4.79 Å². The van der Waals surface area contributed by atoms with Crippen LogP contribution in [0.4, 0.5) is 5.69 Å². The quantitative estimate of drug-likeness (QED) is 0.785. The predicted octanol–water partition coefficient (Wildman–Crippen LogP) is 2.44. The van der Waals surface area contributed by atoms with Crippen LogP contribution in [0.25, 0.3) is 11.4 Å². The average Bonchev–Trinajstić information content (AvgIpc) is 3.12. The number of carbonyl (C=O) groups is 1. The molecule has 0 saturated carbocycles. The Labute approximate surface area is 144 Å². The molecule has 0 aliphatic heterocycles. The number of nitriles is 1. The van der Waals surface area contributed by atoms with Crippen molar-refractivity contribution in [1.82, 2.24) is 25.2 Å². The summed E-state index contributed by atoms with van der Waals surface area (Å²) in [4.78, 5) is 16.4. The molecule has 1 aromatic carbocycles. The molecule has 25 heavy (non-hydrogen) atoms. The first kappa shape index (κ1) is 16.3. The van der Waals surface area contributed by atoms with Crippen molar-refractivity contribution in [1.29, 1.82) is 5.26 Å². The average molecular weight is 333 g/mol. The van der Waals surface area contributed by atoms with Crippen molar-refractivity contribution in [2.24, 2.45) is 0 Å². The van der Waals surface area contributed by atoms with Gasteiger partial charge in [-0.05, 0) is 48.5 Å². The summed E-state index contributed by atoms with van der Waals surface area (Å²) in [6, 6.07) is 12.4. The van der Waals surface area contributed by atoms with Gasteiger partial charge in [0.2, 0.25) is 0 Å². The van der Waals surface area contributed by atoms with E-state index in [-0.39, 0.29) is 17.6 Å². The predicted molar refractivity (Wildman–Crippen MR) is 90.5 cm³/mol. The molecule has 0 unspecified atom stereocenters. The maximum atomic E-state index is 12.4. The number of nitrogens with one attached hydrogen (secondary N) is 1. The first-order chi connectivity index (χ1) is 12.1. The highest BCUT2D eigenvalue weighted by Gasteiger charge is 2.17. The van der Waals surface area contributed by atoms with Gasteiger partial charge < -0.3 is 5.32 Å². The summed E-state index contributed by atoms with van der Waals surface area (Å²) in [5.41, 5.74) is 1.91. The molecule has 1 amide bonds. The van der Waals surface area contributed by atoms with Crippen LogP contribution in [-0.2, 0) is 0 Å². The van der Waals surface area contributed by atoms with Gasteiger partial charge >= 0.3 is 0 Å². The molecule has 2 aromatic heterocycles. The van der Waals surface area contributed by atoms with E-state index < -0.39 is 0 Å². The van der Waals surface area contributed by atoms with Gasteiger partial charge in [-0.15, -0.1) is 5.10 Å². The number of pyridine rings is 1. The Morgan fingerprint density at radius 3 is 2.72 bits per heavy atom. The second-order valence-corrected chi connectivity index (χ2v) is 5.58. The second kappa shape index (κ2) is 6.88. The van der Waals surface area contributed by atoms with Gasteiger partial charge in [0.15, 0.2) is 5.82 Å². The van der Waals surface area contributed by atoms with E-state index in [1.165, 1.54) is 12.3 Å². The molecule has 0 aliphatic carbocycles. The number of para-hydroxylation sites is 1. The molecule has 124 valence electrons. The van der Waals surface area contributed by atoms with E-state index in [0.29, 0.717) is 22.6 Å². The molecule has 8 heteroatoms. The fraction of sp³-hybridized carbons (Fsp3) is 0.176. The molecule has 0 saturated heterocycles. The molecular weight excluding hydrogens is 318 g/mol. The molecule has 0 aliphatic rings. The number of carbonyl (C=O) groups excluding carboxylic acids is 1. The summed E-state index contributed by atoms with van der Waals surface area (Å²) in [5.74, 6) is 0.194. The lowest BCUT2D eigenvalue weighted by Gasteiger charge is -2.12. The fourth-order valence-electron chi connectivity index (χ4n) is 2.29. The van der Waals surface area contributed by atoms with Crippen LogP contribution < -0.4 is 5.32 Å². The van der Waals surface area contributed by atoms with Gasteiger partial charge in [-0.3, -0.25) is 4.79 Å². The van der Waals surface area contributed by atoms with Gasteiger partial charge in [-0.1, -0.05) is 12.1 Å². The third-order valence-corrected chi connectivity index (χ3v) is 3.52. The highest BCUT2D eigenvalue weighted by Crippen LogP contribution is 2.27. The van der Waals surface area contributed by atoms with Crippen molar-refractivity contribution in [2.45, 2.75) is 19.9 Å². The van der Waals surface area contributed by atoms with Gasteiger partial charge in [0.25, 0.3) is 5.91 Å². The lowest BCUT2D eigenvalue weighted by atomic mass is 10.1. The largest absolute Gasteiger partial charge is 0.320 e. The number of benzene rings is 1. The molecule has 0 atom stereocenters. The standard InChI is InChI=1S/C17H15N7O/c1-11(2)24-16(21-22-23-24)13-5-3-4-6-14(13)20-17(25)15-8-7-12(9-18)10-19-15/h3-8,10-11H,1-2H3,(H,20,25). The number of aromatic nitrogens is 5. The van der Waals surface area contributed by atoms with Crippen molar-refractivity contribution in [2.75, 3.05) is 5.32 Å². The van der Waals surface area contributed by atoms with Crippen LogP contribution in [-0.4, -0.2) is 31.1 Å². The maximum Gasteiger partial charge on any atom is 0.274 e. The van der Waals surface area contributed by atoms with Crippen molar-refractivity contribution >= 4 is 11.6 Å². The van der Waals surface area contributed by atoms with Crippen LogP contribution in [0.15, 0.2) is 42.6 Å². The van der Waals surface area contributed by atoms with E-state index in [1.54, 1.807) is 16.8 Å². The number of hydrogen-bond acceptors (Lipinski definition) is 6. The van der Waals surface area contributed by atoms with Crippen molar-refractivity contribution in [3.63, 3.8) is 0 Å². The molecule has 8 nitrogen and oxygen atoms in total. The van der Waals surface area contributed by atoms with Crippen LogP contribution in [0.1, 0.15) is 35.9 Å². The number of hydrogen-bond donors (Lipinski definition) is 1. The lowest BCUT2D eigenvalue weighted by molar-refractivity contribution is 0.102. The topological polar surface area (TPSA) is 109 Å². The third-order valence-electron chi connectivity index (χ3n) is 3.52. The number of tetrazole rings is 1. The van der Waals surface area contributed by atoms with Gasteiger partial charge in [0.05, 0.1) is 17.3 Å². The van der Waals surface area contributed by atoms with Gasteiger partial charge in [-0.2, -0.15) is 5.26 Å². The smallest absolute Gasteiger partial charge is 0.274 e. The highest BCUT2D eigenvalue weighted by atomic mass is 16.1. The van der Waals surface area contributed by atoms with Crippen molar-refractivity contribution in [3.8, 4) is 17.5 Å². The minimum absolute atomic E-state index is 0.0777. The summed E-state index contributed by atoms with van der Waals surface area (Å²) in [6.45, 7) is 3.95. The number of nitrogens with zero attached hydrogens (tertiary/aromatic N) is 6. The maximum absolute atomic E-state index is 12.4. The Balaban J connectivity index is 1.92. The van der Waals surface area contributed by atoms with E-state index in [0.717, 1.165) is 0 Å². The second-order valence-electron chi connectivity index (χ2n) is 5.58. The molecule has 0 fully saturated rings. The zero-order valence-corrected chi connectivity index (χ0v) is 13.7. The summed E-state index contributed by atoms with van der Waals surface area (Å²) in [5, 5.41) is 23.4. The van der Waals surface area contributed by atoms with Crippen LogP contribution in [0.2, 0.25) is 0 Å². The molecule has 3 aromatic rings. The van der Waals surface area contributed by atoms with E-state index in [4.69, 9.17) is 5.26 Å². The fourth-order valence-corrected chi connectivity index (χ4v) is 2.29. The Kier molecular flexibility index (Phi) is 4.48. The zero-order chi connectivity index (χ0) is 17.8. The minimum atomic E-state index is -0.375. The first-order valence-corrected chi connectivity index (χ1v) is 7.65. The minimum Gasteiger partial charge on any atom is -0.320 e. The van der Waals surface area contributed by atoms with E-state index in [2.05, 4.69) is 25.8 Å². The van der Waals surface area contributed by atoms with Crippen LogP contribution in [0, 0.1) is 11.3 Å². The van der Waals surface area contributed by atoms with Crippen molar-refractivity contribution in [3.05, 3.63) is 53.9 Å². The summed E-state index contributed by atoms with van der Waals surface area (Å²) in [6.07, 6.45) is 1.36. The number of amides is 1. The van der Waals surface area contributed by atoms with Crippen LogP contribution in [0.5, 0.6) is 0 Å². The molecule has 0 spiro atoms. The van der Waals surface area contributed by atoms with Crippen LogP contribution >= 0.6 is 0 Å². The highest BCUT2D eigenvalue weighted by molar-refractivity contribution is 6.04. The molecular formula is C17H15N7O. The number of anilines is 1. The van der Waals surface area contributed by atoms with Gasteiger partial charge in [0, 0.05) is 11.8 Å². The Morgan fingerprint density at radius 2 is 2.04 bits per heavy atom. The first-order valence-electron chi connectivity index (χ1n) is 7.65. The number of rotatable bonds is 4. The molecule has 3 rings (SSSR count). The Bertz CT molecular complexity index is 938. The normalized spacial score (nSPS) is 10.5. The van der Waals surface area contributed by atoms with Crippen molar-refractivity contribution < 1.29 is 4.79 Å². The Morgan fingerprint density at radius 1 is 1.24 bits per heavy atom.